The Balaban J connectivity index is 1.34. The second-order valence-electron chi connectivity index (χ2n) is 9.92. The van der Waals surface area contributed by atoms with Crippen LogP contribution in [0.4, 0.5) is 18.9 Å². The predicted octanol–water partition coefficient (Wildman–Crippen LogP) is 3.57. The lowest BCUT2D eigenvalue weighted by Crippen LogP contribution is -2.50. The zero-order valence-electron chi connectivity index (χ0n) is 20.4. The highest BCUT2D eigenvalue weighted by Gasteiger charge is 2.44. The highest BCUT2D eigenvalue weighted by molar-refractivity contribution is 7.91. The first-order valence-electron chi connectivity index (χ1n) is 12.2. The number of amides is 2. The maximum Gasteiger partial charge on any atom is 0.224 e. The number of fused-ring (bicyclic) bond motifs is 2. The third kappa shape index (κ3) is 6.15. The van der Waals surface area contributed by atoms with Crippen LogP contribution in [0.15, 0.2) is 41.3 Å². The molecule has 7 nitrogen and oxygen atoms in total. The van der Waals surface area contributed by atoms with Gasteiger partial charge in [0.15, 0.2) is 21.5 Å². The molecule has 2 unspecified atom stereocenters. The molecule has 2 saturated heterocycles. The maximum absolute atomic E-state index is 14.1. The number of hydrogen-bond donors (Lipinski definition) is 2. The number of nitrogens with zero attached hydrogens (tertiary/aromatic N) is 1. The molecular formula is C26H30F3N3O4S. The summed E-state index contributed by atoms with van der Waals surface area (Å²) in [6, 6.07) is 6.50. The van der Waals surface area contributed by atoms with Crippen molar-refractivity contribution in [3.63, 3.8) is 0 Å². The highest BCUT2D eigenvalue weighted by Crippen LogP contribution is 2.40. The smallest absolute Gasteiger partial charge is 0.224 e. The van der Waals surface area contributed by atoms with Gasteiger partial charge < -0.3 is 16.0 Å². The number of nitrogens with one attached hydrogen (secondary N) is 1. The molecule has 11 heteroatoms. The number of carbonyl (C=O) groups is 2. The number of nitrogens with two attached hydrogens (primary N) is 1. The Bertz CT molecular complexity index is 1270. The average molecular weight is 538 g/mol. The Labute approximate surface area is 214 Å². The molecule has 200 valence electrons. The molecule has 2 bridgehead atoms. The first-order chi connectivity index (χ1) is 17.4. The van der Waals surface area contributed by atoms with Crippen LogP contribution in [-0.2, 0) is 25.8 Å². The Kier molecular flexibility index (Phi) is 7.94. The fourth-order valence-electron chi connectivity index (χ4n) is 5.53. The quantitative estimate of drug-likeness (QED) is 0.501. The van der Waals surface area contributed by atoms with Crippen LogP contribution in [0.3, 0.4) is 0 Å². The molecule has 0 spiro atoms. The maximum atomic E-state index is 14.1. The van der Waals surface area contributed by atoms with Gasteiger partial charge in [0.05, 0.1) is 10.6 Å². The normalized spacial score (nSPS) is 22.1. The number of halogens is 3. The lowest BCUT2D eigenvalue weighted by atomic mass is 9.82. The molecule has 0 radical (unpaired) electrons. The van der Waals surface area contributed by atoms with Gasteiger partial charge in [0.25, 0.3) is 0 Å². The SMILES string of the molecule is CC(=O)Nc1ccc(S(=O)(=O)CCC(=O)N2C3CC[C@H]2CC([C@H](N)Cc2cc(F)c(F)cc2F)C3)cc1. The monoisotopic (exact) mass is 537 g/mol. The third-order valence-corrected chi connectivity index (χ3v) is 9.06. The van der Waals surface area contributed by atoms with Crippen LogP contribution in [0.25, 0.3) is 0 Å². The van der Waals surface area contributed by atoms with Crippen molar-refractivity contribution < 1.29 is 31.2 Å². The number of carbonyl (C=O) groups excluding carboxylic acids is 2. The Morgan fingerprint density at radius 1 is 1.03 bits per heavy atom. The van der Waals surface area contributed by atoms with Crippen molar-refractivity contribution in [3.05, 3.63) is 59.4 Å². The van der Waals surface area contributed by atoms with Gasteiger partial charge >= 0.3 is 0 Å². The molecule has 0 aliphatic carbocycles. The minimum atomic E-state index is -3.70. The van der Waals surface area contributed by atoms with Crippen LogP contribution >= 0.6 is 0 Å². The van der Waals surface area contributed by atoms with E-state index in [1.54, 1.807) is 4.90 Å². The van der Waals surface area contributed by atoms with Gasteiger partial charge in [0.2, 0.25) is 11.8 Å². The predicted molar refractivity (Wildman–Crippen MR) is 132 cm³/mol. The van der Waals surface area contributed by atoms with Crippen LogP contribution in [0.2, 0.25) is 0 Å². The zero-order valence-corrected chi connectivity index (χ0v) is 21.2. The molecule has 2 fully saturated rings. The van der Waals surface area contributed by atoms with Crippen LogP contribution < -0.4 is 11.1 Å². The summed E-state index contributed by atoms with van der Waals surface area (Å²) in [5, 5.41) is 2.57. The number of piperidine rings is 1. The van der Waals surface area contributed by atoms with Gasteiger partial charge in [-0.05, 0) is 73.9 Å². The molecule has 2 aromatic carbocycles. The van der Waals surface area contributed by atoms with Crippen molar-refractivity contribution in [2.45, 2.75) is 68.5 Å². The number of hydrogen-bond acceptors (Lipinski definition) is 5. The van der Waals surface area contributed by atoms with Gasteiger partial charge in [-0.2, -0.15) is 0 Å². The van der Waals surface area contributed by atoms with Gasteiger partial charge in [-0.3, -0.25) is 9.59 Å². The van der Waals surface area contributed by atoms with E-state index in [0.29, 0.717) is 24.6 Å². The summed E-state index contributed by atoms with van der Waals surface area (Å²) in [7, 11) is -3.70. The number of sulfone groups is 1. The van der Waals surface area contributed by atoms with Crippen molar-refractivity contribution >= 4 is 27.3 Å². The van der Waals surface area contributed by atoms with E-state index in [2.05, 4.69) is 5.32 Å². The number of anilines is 1. The minimum Gasteiger partial charge on any atom is -0.337 e. The van der Waals surface area contributed by atoms with Crippen molar-refractivity contribution in [1.82, 2.24) is 4.90 Å². The summed E-state index contributed by atoms with van der Waals surface area (Å²) >= 11 is 0. The van der Waals surface area contributed by atoms with E-state index in [1.807, 2.05) is 0 Å². The van der Waals surface area contributed by atoms with E-state index >= 15 is 0 Å². The van der Waals surface area contributed by atoms with Crippen molar-refractivity contribution in [2.24, 2.45) is 11.7 Å². The summed E-state index contributed by atoms with van der Waals surface area (Å²) < 4.78 is 66.4. The second kappa shape index (κ2) is 10.8. The minimum absolute atomic E-state index is 0.0209. The zero-order chi connectivity index (χ0) is 26.9. The fourth-order valence-corrected chi connectivity index (χ4v) is 6.76. The number of benzene rings is 2. The standard InChI is InChI=1S/C26H30F3N3O4S/c1-15(33)31-18-2-6-21(7-3-18)37(35,36)9-8-26(34)32-19-4-5-20(32)11-17(10-19)25(30)13-16-12-23(28)24(29)14-22(16)27/h2-3,6-7,12,14,17,19-20,25H,4-5,8-11,13,30H2,1H3,(H,31,33)/t17?,19-,20?,25+/m0/s1. The molecule has 3 N–H and O–H groups in total. The molecule has 4 atom stereocenters. The van der Waals surface area contributed by atoms with Crippen molar-refractivity contribution in [1.29, 1.82) is 0 Å². The van der Waals surface area contributed by atoms with E-state index in [1.165, 1.54) is 31.2 Å². The largest absolute Gasteiger partial charge is 0.337 e. The highest BCUT2D eigenvalue weighted by atomic mass is 32.2. The molecule has 2 aliphatic rings. The molecular weight excluding hydrogens is 507 g/mol. The lowest BCUT2D eigenvalue weighted by molar-refractivity contribution is -0.136. The lowest BCUT2D eigenvalue weighted by Gasteiger charge is -2.41. The molecule has 2 aromatic rings. The van der Waals surface area contributed by atoms with Gasteiger partial charge in [0.1, 0.15) is 5.82 Å². The summed E-state index contributed by atoms with van der Waals surface area (Å²) in [4.78, 5) is 26.0. The fraction of sp³-hybridized carbons (Fsp3) is 0.462. The number of rotatable bonds is 8. The molecule has 0 saturated carbocycles. The van der Waals surface area contributed by atoms with Gasteiger partial charge in [0, 0.05) is 43.2 Å². The van der Waals surface area contributed by atoms with Crippen molar-refractivity contribution in [3.8, 4) is 0 Å². The van der Waals surface area contributed by atoms with E-state index in [-0.39, 0.29) is 58.9 Å². The molecule has 2 heterocycles. The summed E-state index contributed by atoms with van der Waals surface area (Å²) in [5.41, 5.74) is 6.84. The van der Waals surface area contributed by atoms with Crippen LogP contribution in [0.1, 0.15) is 44.6 Å². The summed E-state index contributed by atoms with van der Waals surface area (Å²) in [6.45, 7) is 1.35. The van der Waals surface area contributed by atoms with Crippen LogP contribution in [0.5, 0.6) is 0 Å². The average Bonchev–Trinajstić information content (AvgIpc) is 3.10. The van der Waals surface area contributed by atoms with Crippen LogP contribution in [-0.4, -0.2) is 49.0 Å². The van der Waals surface area contributed by atoms with Crippen molar-refractivity contribution in [2.75, 3.05) is 11.1 Å². The Hall–Kier alpha value is -2.92. The molecule has 2 aliphatic heterocycles. The summed E-state index contributed by atoms with van der Waals surface area (Å²) in [6.07, 6.45) is 2.63. The Morgan fingerprint density at radius 2 is 1.62 bits per heavy atom. The first-order valence-corrected chi connectivity index (χ1v) is 13.9. The van der Waals surface area contributed by atoms with Gasteiger partial charge in [-0.25, -0.2) is 21.6 Å². The van der Waals surface area contributed by atoms with Gasteiger partial charge in [-0.1, -0.05) is 0 Å². The molecule has 4 rings (SSSR count). The summed E-state index contributed by atoms with van der Waals surface area (Å²) in [5.74, 6) is -4.07. The van der Waals surface area contributed by atoms with E-state index < -0.39 is 33.3 Å². The van der Waals surface area contributed by atoms with E-state index in [0.717, 1.165) is 18.9 Å². The van der Waals surface area contributed by atoms with Crippen LogP contribution in [0, 0.1) is 23.4 Å². The topological polar surface area (TPSA) is 110 Å². The Morgan fingerprint density at radius 3 is 2.22 bits per heavy atom. The van der Waals surface area contributed by atoms with E-state index in [4.69, 9.17) is 5.73 Å². The van der Waals surface area contributed by atoms with E-state index in [9.17, 15) is 31.2 Å². The second-order valence-corrected chi connectivity index (χ2v) is 12.0. The molecule has 0 aromatic heterocycles. The van der Waals surface area contributed by atoms with Gasteiger partial charge in [-0.15, -0.1) is 0 Å². The third-order valence-electron chi connectivity index (χ3n) is 7.33. The first kappa shape index (κ1) is 27.1. The molecule has 2 amide bonds. The molecule has 37 heavy (non-hydrogen) atoms.